The standard InChI is InChI=1S/C9H9BrN2O/c1-2-3-9(13)12-8-6-7(10)4-5-11-8/h2,4-6H,1,3H2,(H,11,12,13). The first-order valence-electron chi connectivity index (χ1n) is 3.74. The van der Waals surface area contributed by atoms with Gasteiger partial charge in [0.2, 0.25) is 5.91 Å². The van der Waals surface area contributed by atoms with E-state index in [9.17, 15) is 4.79 Å². The van der Waals surface area contributed by atoms with Gasteiger partial charge in [-0.15, -0.1) is 6.58 Å². The molecule has 0 fully saturated rings. The Labute approximate surface area is 85.0 Å². The molecule has 1 aromatic heterocycles. The summed E-state index contributed by atoms with van der Waals surface area (Å²) in [5, 5.41) is 2.63. The molecule has 13 heavy (non-hydrogen) atoms. The van der Waals surface area contributed by atoms with Gasteiger partial charge in [0.25, 0.3) is 0 Å². The van der Waals surface area contributed by atoms with Crippen LogP contribution in [0.4, 0.5) is 5.82 Å². The number of hydrogen-bond donors (Lipinski definition) is 1. The van der Waals surface area contributed by atoms with Crippen LogP contribution in [0.3, 0.4) is 0 Å². The largest absolute Gasteiger partial charge is 0.310 e. The number of hydrogen-bond acceptors (Lipinski definition) is 2. The third kappa shape index (κ3) is 3.38. The number of nitrogens with one attached hydrogen (secondary N) is 1. The fraction of sp³-hybridized carbons (Fsp3) is 0.111. The number of nitrogens with zero attached hydrogens (tertiary/aromatic N) is 1. The van der Waals surface area contributed by atoms with Crippen molar-refractivity contribution in [3.63, 3.8) is 0 Å². The molecular weight excluding hydrogens is 232 g/mol. The lowest BCUT2D eigenvalue weighted by Crippen LogP contribution is -2.10. The van der Waals surface area contributed by atoms with E-state index >= 15 is 0 Å². The number of carbonyl (C=O) groups excluding carboxylic acids is 1. The van der Waals surface area contributed by atoms with Crippen LogP contribution < -0.4 is 5.32 Å². The Kier molecular flexibility index (Phi) is 3.64. The lowest BCUT2D eigenvalue weighted by atomic mass is 10.4. The molecule has 0 atom stereocenters. The van der Waals surface area contributed by atoms with Crippen LogP contribution in [0, 0.1) is 0 Å². The molecule has 3 nitrogen and oxygen atoms in total. The molecule has 0 aliphatic rings. The summed E-state index contributed by atoms with van der Waals surface area (Å²) < 4.78 is 0.886. The fourth-order valence-electron chi connectivity index (χ4n) is 0.798. The number of anilines is 1. The van der Waals surface area contributed by atoms with Crippen LogP contribution in [-0.2, 0) is 4.79 Å². The van der Waals surface area contributed by atoms with E-state index in [1.165, 1.54) is 0 Å². The highest BCUT2D eigenvalue weighted by atomic mass is 79.9. The molecule has 1 heterocycles. The predicted octanol–water partition coefficient (Wildman–Crippen LogP) is 2.36. The summed E-state index contributed by atoms with van der Waals surface area (Å²) in [6, 6.07) is 3.53. The monoisotopic (exact) mass is 240 g/mol. The second-order valence-corrected chi connectivity index (χ2v) is 3.32. The van der Waals surface area contributed by atoms with Crippen LogP contribution in [0.25, 0.3) is 0 Å². The van der Waals surface area contributed by atoms with Gasteiger partial charge >= 0.3 is 0 Å². The highest BCUT2D eigenvalue weighted by Crippen LogP contribution is 2.12. The van der Waals surface area contributed by atoms with Gasteiger partial charge in [0.15, 0.2) is 0 Å². The first kappa shape index (κ1) is 9.92. The number of rotatable bonds is 3. The van der Waals surface area contributed by atoms with E-state index in [0.29, 0.717) is 12.2 Å². The molecule has 0 spiro atoms. The zero-order valence-electron chi connectivity index (χ0n) is 6.96. The van der Waals surface area contributed by atoms with Crippen molar-refractivity contribution >= 4 is 27.7 Å². The molecule has 1 amide bonds. The molecule has 0 aromatic carbocycles. The average Bonchev–Trinajstić information content (AvgIpc) is 2.04. The van der Waals surface area contributed by atoms with Gasteiger partial charge < -0.3 is 5.32 Å². The Morgan fingerprint density at radius 3 is 3.15 bits per heavy atom. The van der Waals surface area contributed by atoms with Crippen molar-refractivity contribution in [1.29, 1.82) is 0 Å². The van der Waals surface area contributed by atoms with Gasteiger partial charge in [-0.2, -0.15) is 0 Å². The SMILES string of the molecule is C=CCC(=O)Nc1cc(Br)ccn1. The molecule has 0 radical (unpaired) electrons. The maximum atomic E-state index is 11.1. The summed E-state index contributed by atoms with van der Waals surface area (Å²) in [5.41, 5.74) is 0. The number of pyridine rings is 1. The van der Waals surface area contributed by atoms with Crippen molar-refractivity contribution < 1.29 is 4.79 Å². The third-order valence-corrected chi connectivity index (χ3v) is 1.81. The van der Waals surface area contributed by atoms with Crippen molar-refractivity contribution in [3.8, 4) is 0 Å². The number of amides is 1. The number of carbonyl (C=O) groups is 1. The van der Waals surface area contributed by atoms with E-state index in [1.807, 2.05) is 0 Å². The molecule has 0 aliphatic carbocycles. The van der Waals surface area contributed by atoms with E-state index in [-0.39, 0.29) is 5.91 Å². The molecule has 4 heteroatoms. The summed E-state index contributed by atoms with van der Waals surface area (Å²) in [5.74, 6) is 0.432. The van der Waals surface area contributed by atoms with Crippen LogP contribution in [0.15, 0.2) is 35.5 Å². The van der Waals surface area contributed by atoms with Crippen molar-refractivity contribution in [1.82, 2.24) is 4.98 Å². The van der Waals surface area contributed by atoms with Crippen molar-refractivity contribution in [3.05, 3.63) is 35.5 Å². The van der Waals surface area contributed by atoms with Gasteiger partial charge in [0, 0.05) is 17.1 Å². The van der Waals surface area contributed by atoms with Gasteiger partial charge in [-0.1, -0.05) is 22.0 Å². The van der Waals surface area contributed by atoms with E-state index in [0.717, 1.165) is 4.47 Å². The normalized spacial score (nSPS) is 9.31. The lowest BCUT2D eigenvalue weighted by molar-refractivity contribution is -0.115. The quantitative estimate of drug-likeness (QED) is 0.825. The van der Waals surface area contributed by atoms with Crippen LogP contribution in [-0.4, -0.2) is 10.9 Å². The highest BCUT2D eigenvalue weighted by Gasteiger charge is 2.00. The molecule has 0 unspecified atom stereocenters. The van der Waals surface area contributed by atoms with Crippen LogP contribution in [0.2, 0.25) is 0 Å². The molecule has 1 N–H and O–H groups in total. The van der Waals surface area contributed by atoms with Gasteiger partial charge in [-0.3, -0.25) is 4.79 Å². The van der Waals surface area contributed by atoms with Gasteiger partial charge in [0.05, 0.1) is 0 Å². The molecule has 0 aliphatic heterocycles. The van der Waals surface area contributed by atoms with Crippen molar-refractivity contribution in [2.24, 2.45) is 0 Å². The summed E-state index contributed by atoms with van der Waals surface area (Å²) >= 11 is 3.28. The second-order valence-electron chi connectivity index (χ2n) is 2.40. The first-order chi connectivity index (χ1) is 6.22. The molecule has 1 aromatic rings. The van der Waals surface area contributed by atoms with Crippen LogP contribution in [0.5, 0.6) is 0 Å². The lowest BCUT2D eigenvalue weighted by Gasteiger charge is -2.01. The minimum absolute atomic E-state index is 0.111. The molecule has 68 valence electrons. The average molecular weight is 241 g/mol. The van der Waals surface area contributed by atoms with Gasteiger partial charge in [0.1, 0.15) is 5.82 Å². The maximum Gasteiger partial charge on any atom is 0.229 e. The molecular formula is C9H9BrN2O. The summed E-state index contributed by atoms with van der Waals surface area (Å²) in [4.78, 5) is 15.1. The highest BCUT2D eigenvalue weighted by molar-refractivity contribution is 9.10. The zero-order valence-corrected chi connectivity index (χ0v) is 8.54. The molecule has 0 bridgehead atoms. The summed E-state index contributed by atoms with van der Waals surface area (Å²) in [7, 11) is 0. The second kappa shape index (κ2) is 4.77. The maximum absolute atomic E-state index is 11.1. The topological polar surface area (TPSA) is 42.0 Å². The van der Waals surface area contributed by atoms with Crippen LogP contribution in [0.1, 0.15) is 6.42 Å². The predicted molar refractivity (Wildman–Crippen MR) is 55.4 cm³/mol. The third-order valence-electron chi connectivity index (χ3n) is 1.32. The van der Waals surface area contributed by atoms with E-state index in [1.54, 1.807) is 24.4 Å². The summed E-state index contributed by atoms with van der Waals surface area (Å²) in [6.45, 7) is 3.47. The Hall–Kier alpha value is -1.16. The van der Waals surface area contributed by atoms with Gasteiger partial charge in [-0.25, -0.2) is 4.98 Å². The van der Waals surface area contributed by atoms with Crippen molar-refractivity contribution in [2.45, 2.75) is 6.42 Å². The minimum atomic E-state index is -0.111. The summed E-state index contributed by atoms with van der Waals surface area (Å²) in [6.07, 6.45) is 3.47. The fourth-order valence-corrected chi connectivity index (χ4v) is 1.13. The number of aromatic nitrogens is 1. The Bertz CT molecular complexity index is 325. The molecule has 1 rings (SSSR count). The minimum Gasteiger partial charge on any atom is -0.310 e. The Morgan fingerprint density at radius 1 is 1.77 bits per heavy atom. The zero-order chi connectivity index (χ0) is 9.68. The van der Waals surface area contributed by atoms with E-state index in [2.05, 4.69) is 32.8 Å². The van der Waals surface area contributed by atoms with Crippen molar-refractivity contribution in [2.75, 3.05) is 5.32 Å². The number of halogens is 1. The van der Waals surface area contributed by atoms with E-state index < -0.39 is 0 Å². The molecule has 0 saturated heterocycles. The van der Waals surface area contributed by atoms with E-state index in [4.69, 9.17) is 0 Å². The smallest absolute Gasteiger partial charge is 0.229 e. The van der Waals surface area contributed by atoms with Gasteiger partial charge in [-0.05, 0) is 12.1 Å². The van der Waals surface area contributed by atoms with Crippen LogP contribution >= 0.6 is 15.9 Å². The Morgan fingerprint density at radius 2 is 2.54 bits per heavy atom. The molecule has 0 saturated carbocycles. The first-order valence-corrected chi connectivity index (χ1v) is 4.54. The Balaban J connectivity index is 2.63.